The largest absolute Gasteiger partial charge is 0.481 e. The molecule has 0 fully saturated rings. The number of Topliss-reactive ketones (excluding diaryl/α,β-unsaturated/α-hetero) is 2. The molecule has 6 nitrogen and oxygen atoms in total. The molecule has 0 aromatic carbocycles. The van der Waals surface area contributed by atoms with Crippen LogP contribution >= 0.6 is 0 Å². The van der Waals surface area contributed by atoms with Gasteiger partial charge in [-0.05, 0) is 32.1 Å². The van der Waals surface area contributed by atoms with E-state index in [0.717, 1.165) is 44.9 Å². The van der Waals surface area contributed by atoms with E-state index in [0.29, 0.717) is 44.3 Å². The van der Waals surface area contributed by atoms with Crippen molar-refractivity contribution in [1.82, 2.24) is 0 Å². The molecular formula is C28H50O6. The Balaban J connectivity index is 3.72. The lowest BCUT2D eigenvalue weighted by Gasteiger charge is -2.11. The van der Waals surface area contributed by atoms with Gasteiger partial charge in [0.25, 0.3) is 0 Å². The van der Waals surface area contributed by atoms with E-state index in [1.165, 1.54) is 44.9 Å². The zero-order chi connectivity index (χ0) is 25.4. The highest BCUT2D eigenvalue weighted by atomic mass is 16.4. The third-order valence-corrected chi connectivity index (χ3v) is 6.49. The maximum Gasteiger partial charge on any atom is 0.306 e. The molecule has 1 atom stereocenters. The second-order valence-electron chi connectivity index (χ2n) is 9.80. The van der Waals surface area contributed by atoms with E-state index in [1.54, 1.807) is 0 Å². The molecule has 0 rings (SSSR count). The second kappa shape index (κ2) is 23.0. The molecule has 0 amide bonds. The highest BCUT2D eigenvalue weighted by molar-refractivity contribution is 5.83. The molecule has 0 saturated heterocycles. The Morgan fingerprint density at radius 3 is 1.41 bits per heavy atom. The van der Waals surface area contributed by atoms with Gasteiger partial charge in [0, 0.05) is 32.1 Å². The fraction of sp³-hybridized carbons (Fsp3) is 0.857. The standard InChI is InChI=1S/C28H50O6/c1-2-3-4-5-6-7-8-9-14-19-25(29)20-16-12-13-18-24(28(33)34)23-26(30)21-15-10-11-17-22-27(31)32/h24H,2-23H2,1H3,(H,31,32)(H,33,34). The molecule has 0 heterocycles. The number of carbonyl (C=O) groups is 4. The van der Waals surface area contributed by atoms with Crippen molar-refractivity contribution in [3.8, 4) is 0 Å². The molecule has 0 aliphatic rings. The van der Waals surface area contributed by atoms with Crippen molar-refractivity contribution in [2.24, 2.45) is 5.92 Å². The number of hydrogen-bond donors (Lipinski definition) is 2. The van der Waals surface area contributed by atoms with E-state index in [4.69, 9.17) is 5.11 Å². The molecule has 0 aromatic rings. The van der Waals surface area contributed by atoms with Gasteiger partial charge in [-0.15, -0.1) is 0 Å². The van der Waals surface area contributed by atoms with Gasteiger partial charge in [0.2, 0.25) is 0 Å². The fourth-order valence-corrected chi connectivity index (χ4v) is 4.29. The van der Waals surface area contributed by atoms with E-state index in [-0.39, 0.29) is 18.6 Å². The number of hydrogen-bond acceptors (Lipinski definition) is 4. The molecule has 0 aliphatic carbocycles. The van der Waals surface area contributed by atoms with E-state index in [1.807, 2.05) is 0 Å². The third kappa shape index (κ3) is 22.1. The summed E-state index contributed by atoms with van der Waals surface area (Å²) in [6, 6.07) is 0. The molecule has 198 valence electrons. The lowest BCUT2D eigenvalue weighted by molar-refractivity contribution is -0.144. The summed E-state index contributed by atoms with van der Waals surface area (Å²) >= 11 is 0. The molecule has 1 unspecified atom stereocenters. The fourth-order valence-electron chi connectivity index (χ4n) is 4.29. The maximum absolute atomic E-state index is 12.1. The summed E-state index contributed by atoms with van der Waals surface area (Å²) in [5.74, 6) is -2.07. The average Bonchev–Trinajstić information content (AvgIpc) is 2.78. The quantitative estimate of drug-likeness (QED) is 0.123. The number of rotatable bonds is 26. The van der Waals surface area contributed by atoms with Crippen molar-refractivity contribution >= 4 is 23.5 Å². The molecule has 2 N–H and O–H groups in total. The SMILES string of the molecule is CCCCCCCCCCCC(=O)CCCCCC(CC(=O)CCCCCCC(=O)O)C(=O)O. The molecule has 34 heavy (non-hydrogen) atoms. The number of carboxylic acids is 2. The molecule has 0 radical (unpaired) electrons. The predicted octanol–water partition coefficient (Wildman–Crippen LogP) is 7.51. The van der Waals surface area contributed by atoms with Gasteiger partial charge < -0.3 is 10.2 Å². The first-order valence-corrected chi connectivity index (χ1v) is 13.8. The summed E-state index contributed by atoms with van der Waals surface area (Å²) in [5.41, 5.74) is 0. The van der Waals surface area contributed by atoms with Crippen molar-refractivity contribution in [2.75, 3.05) is 0 Å². The lowest BCUT2D eigenvalue weighted by Crippen LogP contribution is -2.18. The Morgan fingerprint density at radius 1 is 0.529 bits per heavy atom. The summed E-state index contributed by atoms with van der Waals surface area (Å²) in [5, 5.41) is 18.0. The van der Waals surface area contributed by atoms with Gasteiger partial charge in [-0.1, -0.05) is 84.0 Å². The normalized spacial score (nSPS) is 11.9. The predicted molar refractivity (Wildman–Crippen MR) is 136 cm³/mol. The van der Waals surface area contributed by atoms with Crippen LogP contribution in [0.4, 0.5) is 0 Å². The molecule has 0 aliphatic heterocycles. The van der Waals surface area contributed by atoms with Crippen LogP contribution in [0.15, 0.2) is 0 Å². The lowest BCUT2D eigenvalue weighted by atomic mass is 9.93. The van der Waals surface area contributed by atoms with Gasteiger partial charge in [0.15, 0.2) is 0 Å². The number of carboxylic acid groups (broad SMARTS) is 2. The van der Waals surface area contributed by atoms with Crippen LogP contribution in [0.25, 0.3) is 0 Å². The summed E-state index contributed by atoms with van der Waals surface area (Å²) in [6.45, 7) is 2.23. The Labute approximate surface area is 207 Å². The van der Waals surface area contributed by atoms with Crippen molar-refractivity contribution in [3.63, 3.8) is 0 Å². The Kier molecular flexibility index (Phi) is 21.9. The topological polar surface area (TPSA) is 109 Å². The number of unbranched alkanes of at least 4 members (excludes halogenated alkanes) is 13. The van der Waals surface area contributed by atoms with Crippen LogP contribution in [0.1, 0.15) is 148 Å². The molecular weight excluding hydrogens is 432 g/mol. The molecule has 0 spiro atoms. The summed E-state index contributed by atoms with van der Waals surface area (Å²) in [4.78, 5) is 46.1. The first-order valence-electron chi connectivity index (χ1n) is 13.8. The molecule has 0 saturated carbocycles. The third-order valence-electron chi connectivity index (χ3n) is 6.49. The zero-order valence-corrected chi connectivity index (χ0v) is 21.7. The van der Waals surface area contributed by atoms with E-state index >= 15 is 0 Å². The van der Waals surface area contributed by atoms with Gasteiger partial charge in [0.1, 0.15) is 11.6 Å². The van der Waals surface area contributed by atoms with Gasteiger partial charge in [-0.3, -0.25) is 19.2 Å². The van der Waals surface area contributed by atoms with Crippen LogP contribution in [-0.4, -0.2) is 33.7 Å². The smallest absolute Gasteiger partial charge is 0.306 e. The summed E-state index contributed by atoms with van der Waals surface area (Å²) < 4.78 is 0. The van der Waals surface area contributed by atoms with Crippen LogP contribution in [-0.2, 0) is 19.2 Å². The van der Waals surface area contributed by atoms with Crippen molar-refractivity contribution in [2.45, 2.75) is 148 Å². The summed E-state index contributed by atoms with van der Waals surface area (Å²) in [6.07, 6.45) is 18.8. The Bertz CT molecular complexity index is 557. The Morgan fingerprint density at radius 2 is 0.941 bits per heavy atom. The molecule has 0 aromatic heterocycles. The van der Waals surface area contributed by atoms with E-state index in [9.17, 15) is 24.3 Å². The van der Waals surface area contributed by atoms with Gasteiger partial charge in [-0.2, -0.15) is 0 Å². The van der Waals surface area contributed by atoms with Crippen molar-refractivity contribution < 1.29 is 29.4 Å². The minimum atomic E-state index is -0.920. The average molecular weight is 483 g/mol. The first kappa shape index (κ1) is 32.3. The Hall–Kier alpha value is -1.72. The zero-order valence-electron chi connectivity index (χ0n) is 21.7. The second-order valence-corrected chi connectivity index (χ2v) is 9.80. The minimum Gasteiger partial charge on any atom is -0.481 e. The first-order chi connectivity index (χ1) is 16.4. The molecule has 6 heteroatoms. The summed E-state index contributed by atoms with van der Waals surface area (Å²) in [7, 11) is 0. The van der Waals surface area contributed by atoms with Crippen LogP contribution in [0.3, 0.4) is 0 Å². The monoisotopic (exact) mass is 482 g/mol. The van der Waals surface area contributed by atoms with Crippen molar-refractivity contribution in [3.05, 3.63) is 0 Å². The number of aliphatic carboxylic acids is 2. The van der Waals surface area contributed by atoms with Crippen LogP contribution in [0.2, 0.25) is 0 Å². The van der Waals surface area contributed by atoms with Crippen LogP contribution < -0.4 is 0 Å². The molecule has 0 bridgehead atoms. The minimum absolute atomic E-state index is 0.0261. The van der Waals surface area contributed by atoms with Gasteiger partial charge >= 0.3 is 11.9 Å². The number of carbonyl (C=O) groups excluding carboxylic acids is 2. The van der Waals surface area contributed by atoms with Crippen LogP contribution in [0.5, 0.6) is 0 Å². The highest BCUT2D eigenvalue weighted by Gasteiger charge is 2.20. The number of ketones is 2. The van der Waals surface area contributed by atoms with Gasteiger partial charge in [-0.25, -0.2) is 0 Å². The maximum atomic E-state index is 12.1. The van der Waals surface area contributed by atoms with Crippen molar-refractivity contribution in [1.29, 1.82) is 0 Å². The van der Waals surface area contributed by atoms with Crippen LogP contribution in [0, 0.1) is 5.92 Å². The van der Waals surface area contributed by atoms with E-state index in [2.05, 4.69) is 6.92 Å². The highest BCUT2D eigenvalue weighted by Crippen LogP contribution is 2.18. The van der Waals surface area contributed by atoms with Gasteiger partial charge in [0.05, 0.1) is 5.92 Å². The van der Waals surface area contributed by atoms with E-state index < -0.39 is 17.9 Å².